The van der Waals surface area contributed by atoms with Gasteiger partial charge in [-0.25, -0.2) is 4.98 Å². The molecule has 2 atom stereocenters. The van der Waals surface area contributed by atoms with Crippen molar-refractivity contribution in [3.8, 4) is 0 Å². The van der Waals surface area contributed by atoms with E-state index in [9.17, 15) is 9.59 Å². The molecule has 1 aliphatic rings. The van der Waals surface area contributed by atoms with Gasteiger partial charge in [-0.3, -0.25) is 9.59 Å². The molecule has 5 nitrogen and oxygen atoms in total. The van der Waals surface area contributed by atoms with E-state index in [1.54, 1.807) is 36.5 Å². The molecular weight excluding hydrogens is 528 g/mol. The predicted molar refractivity (Wildman–Crippen MR) is 134 cm³/mol. The summed E-state index contributed by atoms with van der Waals surface area (Å²) in [7, 11) is 0. The summed E-state index contributed by atoms with van der Waals surface area (Å²) in [6, 6.07) is 13.0. The Morgan fingerprint density at radius 1 is 0.939 bits per heavy atom. The summed E-state index contributed by atoms with van der Waals surface area (Å²) in [5.74, 6) is -1.71. The van der Waals surface area contributed by atoms with Gasteiger partial charge in [-0.2, -0.15) is 0 Å². The smallest absolute Gasteiger partial charge is 0.258 e. The molecule has 1 saturated carbocycles. The zero-order valence-corrected chi connectivity index (χ0v) is 20.8. The summed E-state index contributed by atoms with van der Waals surface area (Å²) < 4.78 is -1.32. The fraction of sp³-hybridized carbons (Fsp3) is 0.174. The van der Waals surface area contributed by atoms with Crippen LogP contribution in [0.2, 0.25) is 15.1 Å². The van der Waals surface area contributed by atoms with Crippen LogP contribution in [0.3, 0.4) is 0 Å². The van der Waals surface area contributed by atoms with Gasteiger partial charge >= 0.3 is 0 Å². The summed E-state index contributed by atoms with van der Waals surface area (Å²) >= 11 is 31.2. The Kier molecular flexibility index (Phi) is 6.81. The first-order valence-electron chi connectivity index (χ1n) is 9.74. The van der Waals surface area contributed by atoms with E-state index >= 15 is 0 Å². The molecule has 10 heteroatoms. The van der Waals surface area contributed by atoms with Gasteiger partial charge in [-0.15, -0.1) is 23.2 Å². The number of nitrogens with one attached hydrogen (secondary N) is 2. The molecule has 0 bridgehead atoms. The monoisotopic (exact) mass is 541 g/mol. The van der Waals surface area contributed by atoms with E-state index in [0.717, 1.165) is 5.56 Å². The number of pyridine rings is 1. The number of rotatable bonds is 5. The van der Waals surface area contributed by atoms with Crippen molar-refractivity contribution in [1.29, 1.82) is 0 Å². The first-order valence-corrected chi connectivity index (χ1v) is 11.6. The highest BCUT2D eigenvalue weighted by Gasteiger charge is 2.67. The van der Waals surface area contributed by atoms with Crippen LogP contribution in [0.15, 0.2) is 54.7 Å². The average Bonchev–Trinajstić information content (AvgIpc) is 3.32. The number of benzene rings is 2. The van der Waals surface area contributed by atoms with Crippen LogP contribution in [0.1, 0.15) is 27.4 Å². The maximum atomic E-state index is 12.9. The van der Waals surface area contributed by atoms with Crippen molar-refractivity contribution in [1.82, 2.24) is 4.98 Å². The maximum Gasteiger partial charge on any atom is 0.258 e. The Hall–Kier alpha value is -2.02. The average molecular weight is 544 g/mol. The SMILES string of the molecule is Cc1ccc(NC(=O)c2cc(NC(=O)C3C(c4cc(Cl)cc(Cl)c4)C3(Cl)Cl)ccc2Cl)nc1. The van der Waals surface area contributed by atoms with E-state index in [0.29, 0.717) is 27.1 Å². The van der Waals surface area contributed by atoms with Crippen LogP contribution >= 0.6 is 58.0 Å². The van der Waals surface area contributed by atoms with Gasteiger partial charge in [-0.1, -0.05) is 40.9 Å². The van der Waals surface area contributed by atoms with Gasteiger partial charge in [0, 0.05) is 27.8 Å². The van der Waals surface area contributed by atoms with Gasteiger partial charge < -0.3 is 10.6 Å². The molecule has 4 rings (SSSR count). The molecule has 2 aromatic carbocycles. The number of carbonyl (C=O) groups is 2. The summed E-state index contributed by atoms with van der Waals surface area (Å²) in [6.45, 7) is 1.89. The predicted octanol–water partition coefficient (Wildman–Crippen LogP) is 7.13. The first-order chi connectivity index (χ1) is 15.6. The molecule has 0 saturated heterocycles. The minimum atomic E-state index is -1.32. The Balaban J connectivity index is 1.50. The number of alkyl halides is 2. The lowest BCUT2D eigenvalue weighted by Gasteiger charge is -2.10. The number of hydrogen-bond acceptors (Lipinski definition) is 3. The number of aromatic nitrogens is 1. The largest absolute Gasteiger partial charge is 0.326 e. The number of nitrogens with zero attached hydrogens (tertiary/aromatic N) is 1. The fourth-order valence-electron chi connectivity index (χ4n) is 3.54. The number of aryl methyl sites for hydroxylation is 1. The van der Waals surface area contributed by atoms with Crippen molar-refractivity contribution in [3.63, 3.8) is 0 Å². The van der Waals surface area contributed by atoms with Crippen molar-refractivity contribution in [3.05, 3.63) is 86.5 Å². The third kappa shape index (κ3) is 5.23. The molecule has 0 radical (unpaired) electrons. The number of amides is 2. The second kappa shape index (κ2) is 9.32. The highest BCUT2D eigenvalue weighted by molar-refractivity contribution is 6.53. The highest BCUT2D eigenvalue weighted by atomic mass is 35.5. The van der Waals surface area contributed by atoms with Crippen LogP contribution in [0.5, 0.6) is 0 Å². The zero-order chi connectivity index (χ0) is 23.9. The molecule has 1 heterocycles. The standard InChI is InChI=1S/C23H16Cl5N3O2/c1-11-2-5-18(29-10-11)31-21(32)16-9-15(3-4-17(16)26)30-22(33)20-19(23(20,27)28)12-6-13(24)8-14(25)7-12/h2-10,19-20H,1H3,(H,30,33)(H,29,31,32). The van der Waals surface area contributed by atoms with Crippen LogP contribution in [-0.2, 0) is 4.79 Å². The molecule has 2 amide bonds. The number of carbonyl (C=O) groups excluding carboxylic acids is 2. The maximum absolute atomic E-state index is 12.9. The normalized spacial score (nSPS) is 18.5. The highest BCUT2D eigenvalue weighted by Crippen LogP contribution is 2.65. The third-order valence-electron chi connectivity index (χ3n) is 5.21. The van der Waals surface area contributed by atoms with Crippen molar-refractivity contribution in [2.75, 3.05) is 10.6 Å². The second-order valence-corrected chi connectivity index (χ2v) is 10.4. The molecule has 1 aromatic heterocycles. The van der Waals surface area contributed by atoms with Gasteiger partial charge in [0.25, 0.3) is 5.91 Å². The summed E-state index contributed by atoms with van der Waals surface area (Å²) in [5, 5.41) is 6.50. The van der Waals surface area contributed by atoms with Crippen molar-refractivity contribution < 1.29 is 9.59 Å². The lowest BCUT2D eigenvalue weighted by molar-refractivity contribution is -0.117. The molecule has 33 heavy (non-hydrogen) atoms. The number of halogens is 5. The van der Waals surface area contributed by atoms with Gasteiger partial charge in [-0.05, 0) is 60.5 Å². The zero-order valence-electron chi connectivity index (χ0n) is 17.0. The molecule has 1 aliphatic carbocycles. The quantitative estimate of drug-likeness (QED) is 0.336. The van der Waals surface area contributed by atoms with Gasteiger partial charge in [0.1, 0.15) is 10.2 Å². The van der Waals surface area contributed by atoms with E-state index < -0.39 is 28.0 Å². The second-order valence-electron chi connectivity index (χ2n) is 7.69. The molecule has 1 fully saturated rings. The topological polar surface area (TPSA) is 71.1 Å². The van der Waals surface area contributed by atoms with E-state index in [-0.39, 0.29) is 10.6 Å². The van der Waals surface area contributed by atoms with E-state index in [4.69, 9.17) is 58.0 Å². The van der Waals surface area contributed by atoms with Crippen LogP contribution < -0.4 is 10.6 Å². The van der Waals surface area contributed by atoms with Crippen LogP contribution in [0, 0.1) is 12.8 Å². The van der Waals surface area contributed by atoms with Gasteiger partial charge in [0.15, 0.2) is 0 Å². The van der Waals surface area contributed by atoms with Crippen LogP contribution in [0.4, 0.5) is 11.5 Å². The molecule has 3 aromatic rings. The molecule has 0 spiro atoms. The van der Waals surface area contributed by atoms with Crippen molar-refractivity contribution in [2.24, 2.45) is 5.92 Å². The minimum absolute atomic E-state index is 0.175. The lowest BCUT2D eigenvalue weighted by Crippen LogP contribution is -2.18. The Bertz CT molecular complexity index is 1230. The van der Waals surface area contributed by atoms with E-state index in [1.165, 1.54) is 12.1 Å². The Morgan fingerprint density at radius 2 is 1.64 bits per heavy atom. The fourth-order valence-corrected chi connectivity index (χ4v) is 5.12. The van der Waals surface area contributed by atoms with Gasteiger partial charge in [0.2, 0.25) is 5.91 Å². The molecule has 0 aliphatic heterocycles. The molecular formula is C23H16Cl5N3O2. The van der Waals surface area contributed by atoms with E-state index in [2.05, 4.69) is 15.6 Å². The number of hydrogen-bond donors (Lipinski definition) is 2. The van der Waals surface area contributed by atoms with Crippen LogP contribution in [-0.4, -0.2) is 21.1 Å². The lowest BCUT2D eigenvalue weighted by atomic mass is 10.1. The van der Waals surface area contributed by atoms with Crippen molar-refractivity contribution in [2.45, 2.75) is 17.2 Å². The first kappa shape index (κ1) is 24.1. The van der Waals surface area contributed by atoms with Gasteiger partial charge in [0.05, 0.1) is 16.5 Å². The third-order valence-corrected chi connectivity index (χ3v) is 6.92. The minimum Gasteiger partial charge on any atom is -0.326 e. The molecule has 170 valence electrons. The Labute approximate surface area is 215 Å². The Morgan fingerprint density at radius 3 is 2.27 bits per heavy atom. The van der Waals surface area contributed by atoms with E-state index in [1.807, 2.05) is 13.0 Å². The van der Waals surface area contributed by atoms with Crippen LogP contribution in [0.25, 0.3) is 0 Å². The number of anilines is 2. The molecule has 2 N–H and O–H groups in total. The summed E-state index contributed by atoms with van der Waals surface area (Å²) in [5.41, 5.74) is 2.17. The molecule has 2 unspecified atom stereocenters. The van der Waals surface area contributed by atoms with Crippen molar-refractivity contribution >= 4 is 81.3 Å². The summed E-state index contributed by atoms with van der Waals surface area (Å²) in [4.78, 5) is 29.8. The summed E-state index contributed by atoms with van der Waals surface area (Å²) in [6.07, 6.45) is 1.64.